The Morgan fingerprint density at radius 1 is 1.35 bits per heavy atom. The highest BCUT2D eigenvalue weighted by Gasteiger charge is 2.28. The molecule has 1 unspecified atom stereocenters. The largest absolute Gasteiger partial charge is 0.496 e. The van der Waals surface area contributed by atoms with Gasteiger partial charge in [0.1, 0.15) is 5.75 Å². The summed E-state index contributed by atoms with van der Waals surface area (Å²) in [5.74, 6) is 0.978. The summed E-state index contributed by atoms with van der Waals surface area (Å²) in [5, 5.41) is 0. The molecule has 4 heteroatoms. The quantitative estimate of drug-likeness (QED) is 0.841. The van der Waals surface area contributed by atoms with Crippen LogP contribution in [-0.2, 0) is 4.79 Å². The Kier molecular flexibility index (Phi) is 3.07. The maximum Gasteiger partial charge on any atom is 0.228 e. The van der Waals surface area contributed by atoms with E-state index in [0.29, 0.717) is 13.0 Å². The highest BCUT2D eigenvalue weighted by atomic mass is 16.5. The van der Waals surface area contributed by atoms with Crippen molar-refractivity contribution >= 4 is 11.6 Å². The Hall–Kier alpha value is -1.55. The number of carbonyl (C=O) groups is 1. The second kappa shape index (κ2) is 4.37. The molecular weight excluding hydrogens is 216 g/mol. The minimum atomic E-state index is -0.0507. The second-order valence-corrected chi connectivity index (χ2v) is 4.58. The standard InChI is InChI=1S/C13H18N2O2/c1-8-4-11(5-9(2)13(8)17-3)15-7-10(14)6-12(15)16/h4-5,10H,6-7,14H2,1-3H3. The van der Waals surface area contributed by atoms with Crippen molar-refractivity contribution in [3.05, 3.63) is 23.3 Å². The summed E-state index contributed by atoms with van der Waals surface area (Å²) in [6, 6.07) is 3.90. The van der Waals surface area contributed by atoms with E-state index in [1.54, 1.807) is 12.0 Å². The third-order valence-corrected chi connectivity index (χ3v) is 3.12. The van der Waals surface area contributed by atoms with Gasteiger partial charge >= 0.3 is 0 Å². The number of nitrogens with two attached hydrogens (primary N) is 1. The SMILES string of the molecule is COc1c(C)cc(N2CC(N)CC2=O)cc1C. The summed E-state index contributed by atoms with van der Waals surface area (Å²) in [6.07, 6.45) is 0.435. The average molecular weight is 234 g/mol. The molecule has 1 heterocycles. The maximum absolute atomic E-state index is 11.8. The Bertz CT molecular complexity index is 434. The van der Waals surface area contributed by atoms with Crippen LogP contribution in [0.3, 0.4) is 0 Å². The zero-order chi connectivity index (χ0) is 12.6. The number of nitrogens with zero attached hydrogens (tertiary/aromatic N) is 1. The fourth-order valence-corrected chi connectivity index (χ4v) is 2.39. The monoisotopic (exact) mass is 234 g/mol. The molecule has 1 saturated heterocycles. The minimum absolute atomic E-state index is 0.0507. The zero-order valence-electron chi connectivity index (χ0n) is 10.5. The van der Waals surface area contributed by atoms with Crippen LogP contribution in [0.2, 0.25) is 0 Å². The predicted molar refractivity (Wildman–Crippen MR) is 67.4 cm³/mol. The number of hydrogen-bond donors (Lipinski definition) is 1. The van der Waals surface area contributed by atoms with Crippen molar-refractivity contribution in [1.29, 1.82) is 0 Å². The van der Waals surface area contributed by atoms with Crippen LogP contribution in [0.25, 0.3) is 0 Å². The molecule has 0 aromatic heterocycles. The first-order valence-electron chi connectivity index (χ1n) is 5.74. The van der Waals surface area contributed by atoms with Crippen LogP contribution in [0.4, 0.5) is 5.69 Å². The Balaban J connectivity index is 2.37. The average Bonchev–Trinajstić information content (AvgIpc) is 2.57. The number of aryl methyl sites for hydroxylation is 2. The molecule has 1 aromatic carbocycles. The van der Waals surface area contributed by atoms with E-state index >= 15 is 0 Å². The lowest BCUT2D eigenvalue weighted by Crippen LogP contribution is -2.28. The van der Waals surface area contributed by atoms with Crippen LogP contribution < -0.4 is 15.4 Å². The van der Waals surface area contributed by atoms with Gasteiger partial charge in [0, 0.05) is 24.7 Å². The Morgan fingerprint density at radius 2 is 1.94 bits per heavy atom. The highest BCUT2D eigenvalue weighted by molar-refractivity contribution is 5.96. The minimum Gasteiger partial charge on any atom is -0.496 e. The van der Waals surface area contributed by atoms with Crippen molar-refractivity contribution in [1.82, 2.24) is 0 Å². The van der Waals surface area contributed by atoms with E-state index in [0.717, 1.165) is 22.6 Å². The number of ether oxygens (including phenoxy) is 1. The molecular formula is C13H18N2O2. The van der Waals surface area contributed by atoms with Gasteiger partial charge in [0.05, 0.1) is 7.11 Å². The van der Waals surface area contributed by atoms with Crippen LogP contribution in [0, 0.1) is 13.8 Å². The number of anilines is 1. The number of methoxy groups -OCH3 is 1. The molecule has 2 rings (SSSR count). The van der Waals surface area contributed by atoms with Gasteiger partial charge in [0.15, 0.2) is 0 Å². The molecule has 1 aliphatic heterocycles. The summed E-state index contributed by atoms with van der Waals surface area (Å²) in [7, 11) is 1.66. The molecule has 1 atom stereocenters. The first-order chi connectivity index (χ1) is 8.02. The van der Waals surface area contributed by atoms with E-state index in [2.05, 4.69) is 0 Å². The van der Waals surface area contributed by atoms with Crippen molar-refractivity contribution in [2.45, 2.75) is 26.3 Å². The predicted octanol–water partition coefficient (Wildman–Crippen LogP) is 1.38. The van der Waals surface area contributed by atoms with Gasteiger partial charge in [-0.3, -0.25) is 4.79 Å². The zero-order valence-corrected chi connectivity index (χ0v) is 10.5. The number of rotatable bonds is 2. The summed E-state index contributed by atoms with van der Waals surface area (Å²) >= 11 is 0. The molecule has 4 nitrogen and oxygen atoms in total. The third kappa shape index (κ3) is 2.13. The Morgan fingerprint density at radius 3 is 2.35 bits per heavy atom. The lowest BCUT2D eigenvalue weighted by atomic mass is 10.1. The van der Waals surface area contributed by atoms with E-state index in [1.807, 2.05) is 26.0 Å². The molecule has 0 bridgehead atoms. The van der Waals surface area contributed by atoms with E-state index in [4.69, 9.17) is 10.5 Å². The van der Waals surface area contributed by atoms with Gasteiger partial charge in [-0.2, -0.15) is 0 Å². The topological polar surface area (TPSA) is 55.6 Å². The molecule has 1 amide bonds. The van der Waals surface area contributed by atoms with E-state index in [9.17, 15) is 4.79 Å². The number of benzene rings is 1. The van der Waals surface area contributed by atoms with Crippen molar-refractivity contribution in [2.24, 2.45) is 5.73 Å². The third-order valence-electron chi connectivity index (χ3n) is 3.12. The van der Waals surface area contributed by atoms with Crippen LogP contribution in [0.5, 0.6) is 5.75 Å². The van der Waals surface area contributed by atoms with Gasteiger partial charge < -0.3 is 15.4 Å². The summed E-state index contributed by atoms with van der Waals surface area (Å²) in [6.45, 7) is 4.57. The van der Waals surface area contributed by atoms with Crippen molar-refractivity contribution in [2.75, 3.05) is 18.6 Å². The summed E-state index contributed by atoms with van der Waals surface area (Å²) in [5.41, 5.74) is 8.79. The highest BCUT2D eigenvalue weighted by Crippen LogP contribution is 2.30. The molecule has 0 spiro atoms. The van der Waals surface area contributed by atoms with Gasteiger partial charge in [0.25, 0.3) is 0 Å². The van der Waals surface area contributed by atoms with Gasteiger partial charge in [-0.15, -0.1) is 0 Å². The molecule has 0 radical (unpaired) electrons. The van der Waals surface area contributed by atoms with Gasteiger partial charge in [-0.1, -0.05) is 0 Å². The maximum atomic E-state index is 11.8. The van der Waals surface area contributed by atoms with Crippen molar-refractivity contribution in [3.63, 3.8) is 0 Å². The molecule has 92 valence electrons. The number of carbonyl (C=O) groups excluding carboxylic acids is 1. The van der Waals surface area contributed by atoms with Gasteiger partial charge in [-0.05, 0) is 37.1 Å². The second-order valence-electron chi connectivity index (χ2n) is 4.58. The number of amides is 1. The molecule has 1 aromatic rings. The summed E-state index contributed by atoms with van der Waals surface area (Å²) in [4.78, 5) is 13.5. The lowest BCUT2D eigenvalue weighted by Gasteiger charge is -2.19. The van der Waals surface area contributed by atoms with Crippen LogP contribution in [0.1, 0.15) is 17.5 Å². The fourth-order valence-electron chi connectivity index (χ4n) is 2.39. The van der Waals surface area contributed by atoms with E-state index in [1.165, 1.54) is 0 Å². The smallest absolute Gasteiger partial charge is 0.228 e. The molecule has 1 aliphatic rings. The van der Waals surface area contributed by atoms with Crippen LogP contribution in [0.15, 0.2) is 12.1 Å². The van der Waals surface area contributed by atoms with Crippen molar-refractivity contribution in [3.8, 4) is 5.75 Å². The fraction of sp³-hybridized carbons (Fsp3) is 0.462. The normalized spacial score (nSPS) is 19.9. The molecule has 0 saturated carbocycles. The molecule has 2 N–H and O–H groups in total. The summed E-state index contributed by atoms with van der Waals surface area (Å²) < 4.78 is 5.31. The molecule has 17 heavy (non-hydrogen) atoms. The lowest BCUT2D eigenvalue weighted by molar-refractivity contribution is -0.117. The molecule has 0 aliphatic carbocycles. The molecule has 1 fully saturated rings. The van der Waals surface area contributed by atoms with Gasteiger partial charge in [0.2, 0.25) is 5.91 Å². The van der Waals surface area contributed by atoms with E-state index in [-0.39, 0.29) is 11.9 Å². The van der Waals surface area contributed by atoms with E-state index < -0.39 is 0 Å². The van der Waals surface area contributed by atoms with Gasteiger partial charge in [-0.25, -0.2) is 0 Å². The van der Waals surface area contributed by atoms with Crippen LogP contribution >= 0.6 is 0 Å². The van der Waals surface area contributed by atoms with Crippen LogP contribution in [-0.4, -0.2) is 25.6 Å². The van der Waals surface area contributed by atoms with Crippen molar-refractivity contribution < 1.29 is 9.53 Å². The first kappa shape index (κ1) is 11.9. The Labute approximate surface area is 101 Å². The first-order valence-corrected chi connectivity index (χ1v) is 5.74. The number of hydrogen-bond acceptors (Lipinski definition) is 3.